The predicted octanol–water partition coefficient (Wildman–Crippen LogP) is 8.60. The fourth-order valence-electron chi connectivity index (χ4n) is 17.6. The molecule has 4 aliphatic carbocycles. The van der Waals surface area contributed by atoms with Crippen LogP contribution in [0.2, 0.25) is 0 Å². The lowest BCUT2D eigenvalue weighted by Crippen LogP contribution is -2.82. The summed E-state index contributed by atoms with van der Waals surface area (Å²) in [5.74, 6) is -5.79. The minimum absolute atomic E-state index is 0.0186. The SMILES string of the molecule is CC(=O)O[C@@]12CO[C@@H]1C[C@H](O)[C@@]1(C)C(=O)[C@H](OC(=O)C3CC3)C3=C(C)[C@@H](OC(=O)[C@H](OC(=O)Cc4ccccc4SSC(C)C(=O)NCCCc4nc(CCc5cn(CCOCCOCCOCCF)nn5)nc(NCCOCCOCCOCCCC(=O)CCCC[C@@H]5SC[C@@H]6NC(=O)N[C@@H]65)n4)[C@H](C=C(C)C)NC(=O)OC(C)(C)C)C[C@@](O)([C@@H](OC(=O)c4ccccc4)[C@H]21)C3(C)C. The van der Waals surface area contributed by atoms with Gasteiger partial charge in [-0.15, -0.1) is 5.10 Å². The van der Waals surface area contributed by atoms with Gasteiger partial charge in [-0.1, -0.05) is 95.1 Å². The zero-order chi connectivity index (χ0) is 95.6. The fourth-order valence-corrected chi connectivity index (χ4v) is 21.5. The van der Waals surface area contributed by atoms with Crippen molar-refractivity contribution in [2.45, 2.75) is 266 Å². The summed E-state index contributed by atoms with van der Waals surface area (Å²) in [6, 6.07) is 13.4. The van der Waals surface area contributed by atoms with Crippen molar-refractivity contribution in [1.29, 1.82) is 0 Å². The van der Waals surface area contributed by atoms with E-state index >= 15 is 9.59 Å². The highest BCUT2D eigenvalue weighted by atomic mass is 33.1. The standard InChI is InChI=1S/C93H130FN11O25S3/c1-56(2)49-65(98-88(116)130-89(6,7)8)77(85(114)125-67-52-93(117)81(128-84(113)60-21-13-12-14-22-60)79-91(11,70(108)51-71-92(79,55-124-71)129-59(5)106)80(110)78(127-83(112)61-29-30-61)75(57(67)3)90(93,9)10)126-74(109)50-62-23-15-17-26-68(62)133-132-58(4)82(111)95-34-19-28-72-99-73(32-31-63-53-105(104-103-63)36-40-121-44-48-123-46-42-119-38-33-94)101-86(100-72)96-35-39-120-43-47-122-45-41-118-37-20-25-64(107)24-16-18-27-69-76-66(54-131-69)97-87(115)102-76/h12-15,17,21-23,26,49,53,58,61,65-67,69-71,76-79,81,108,117H,16,18-20,24-25,27-48,50-52,54-55H2,1-11H3,(H,95,111)(H,98,116)(H2,97,102,115)(H,96,99,100,101)/t58?,65-,66-,67-,69-,70-,71+,76-,77+,78+,79-,81-,91+,92-,93+/m0/s1. The molecule has 5 heterocycles. The van der Waals surface area contributed by atoms with Crippen molar-refractivity contribution < 1.29 is 124 Å². The number of nitrogens with one attached hydrogen (secondary N) is 5. The molecule has 1 unspecified atom stereocenters. The maximum Gasteiger partial charge on any atom is 0.408 e. The molecule has 2 aromatic carbocycles. The first-order chi connectivity index (χ1) is 63.6. The molecule has 6 fully saturated rings. The molecule has 40 heteroatoms. The number of alkyl halides is 1. The summed E-state index contributed by atoms with van der Waals surface area (Å²) in [7, 11) is 2.45. The lowest BCUT2D eigenvalue weighted by Gasteiger charge is -2.67. The van der Waals surface area contributed by atoms with Crippen LogP contribution >= 0.6 is 33.3 Å². The topological polar surface area (TPSA) is 461 Å². The number of thioether (sulfide) groups is 1. The highest BCUT2D eigenvalue weighted by molar-refractivity contribution is 8.77. The van der Waals surface area contributed by atoms with Gasteiger partial charge in [-0.3, -0.25) is 28.8 Å². The van der Waals surface area contributed by atoms with E-state index in [1.165, 1.54) is 53.6 Å². The summed E-state index contributed by atoms with van der Waals surface area (Å²) < 4.78 is 91.2. The average Bonchev–Trinajstić information content (AvgIpc) is 1.40. The Morgan fingerprint density at radius 2 is 1.45 bits per heavy atom. The lowest BCUT2D eigenvalue weighted by atomic mass is 9.44. The van der Waals surface area contributed by atoms with Gasteiger partial charge in [0, 0.05) is 99.1 Å². The number of aryl methyl sites for hydroxylation is 3. The van der Waals surface area contributed by atoms with E-state index < -0.39 is 149 Å². The Labute approximate surface area is 787 Å². The first-order valence-corrected chi connectivity index (χ1v) is 49.1. The van der Waals surface area contributed by atoms with Crippen molar-refractivity contribution in [3.05, 3.63) is 112 Å². The van der Waals surface area contributed by atoms with Gasteiger partial charge in [-0.2, -0.15) is 21.7 Å². The Balaban J connectivity index is 0.715. The zero-order valence-electron chi connectivity index (χ0n) is 77.8. The van der Waals surface area contributed by atoms with Gasteiger partial charge in [-0.25, -0.2) is 33.2 Å². The summed E-state index contributed by atoms with van der Waals surface area (Å²) in [5, 5.41) is 50.2. The summed E-state index contributed by atoms with van der Waals surface area (Å²) >= 11 is 1.88. The first kappa shape index (κ1) is 105. The molecular weight excluding hydrogens is 1790 g/mol. The Morgan fingerprint density at radius 3 is 2.13 bits per heavy atom. The third kappa shape index (κ3) is 28.7. The van der Waals surface area contributed by atoms with Crippen molar-refractivity contribution in [2.75, 3.05) is 117 Å². The normalized spacial score (nSPS) is 24.5. The van der Waals surface area contributed by atoms with Gasteiger partial charge in [0.2, 0.25) is 18.0 Å². The molecule has 3 saturated carbocycles. The number of ketones is 2. The average molecular weight is 1920 g/mol. The Morgan fingerprint density at radius 1 is 0.782 bits per heavy atom. The number of urea groups is 1. The van der Waals surface area contributed by atoms with E-state index in [0.717, 1.165) is 31.9 Å². The monoisotopic (exact) mass is 1920 g/mol. The van der Waals surface area contributed by atoms with Crippen LogP contribution in [0.3, 0.4) is 0 Å². The second-order valence-electron chi connectivity index (χ2n) is 36.4. The Kier molecular flexibility index (Phi) is 38.8. The number of benzene rings is 2. The summed E-state index contributed by atoms with van der Waals surface area (Å²) in [5.41, 5.74) is -7.68. The molecule has 2 aromatic heterocycles. The number of carbonyl (C=O) groups excluding carboxylic acids is 10. The Bertz CT molecular complexity index is 4690. The number of hydrogen-bond donors (Lipinski definition) is 7. The molecule has 7 aliphatic rings. The molecule has 0 radical (unpaired) electrons. The number of aromatic nitrogens is 6. The zero-order valence-corrected chi connectivity index (χ0v) is 80.2. The third-order valence-electron chi connectivity index (χ3n) is 24.6. The number of allylic oxidation sites excluding steroid dienone is 1. The number of unbranched alkanes of at least 4 members (excludes halogenated alkanes) is 1. The number of ether oxygens (including phenoxy) is 13. The van der Waals surface area contributed by atoms with Gasteiger partial charge in [0.1, 0.15) is 53.6 Å². The van der Waals surface area contributed by atoms with Crippen LogP contribution in [0.15, 0.2) is 88.5 Å². The highest BCUT2D eigenvalue weighted by Gasteiger charge is 2.79. The van der Waals surface area contributed by atoms with E-state index in [1.807, 2.05) is 18.0 Å². The summed E-state index contributed by atoms with van der Waals surface area (Å²) in [4.78, 5) is 156. The molecule has 3 saturated heterocycles. The number of hydrogen-bond acceptors (Lipinski definition) is 34. The van der Waals surface area contributed by atoms with E-state index in [2.05, 4.69) is 36.9 Å². The molecule has 3 aliphatic heterocycles. The minimum Gasteiger partial charge on any atom is -0.455 e. The van der Waals surface area contributed by atoms with E-state index in [-0.39, 0.29) is 72.7 Å². The molecule has 36 nitrogen and oxygen atoms in total. The smallest absolute Gasteiger partial charge is 0.408 e. The predicted molar refractivity (Wildman–Crippen MR) is 487 cm³/mol. The number of fused-ring (bicyclic) bond motifs is 6. The molecule has 4 aromatic rings. The summed E-state index contributed by atoms with van der Waals surface area (Å²) in [6.45, 7) is 21.3. The van der Waals surface area contributed by atoms with Crippen molar-refractivity contribution in [3.63, 3.8) is 0 Å². The first-order valence-electron chi connectivity index (χ1n) is 45.9. The van der Waals surface area contributed by atoms with Crippen molar-refractivity contribution in [1.82, 2.24) is 51.2 Å². The van der Waals surface area contributed by atoms with Crippen LogP contribution in [0.4, 0.5) is 19.9 Å². The molecule has 11 rings (SSSR count). The number of aliphatic hydroxyl groups is 2. The minimum atomic E-state index is -2.54. The second kappa shape index (κ2) is 49.3. The number of carbonyl (C=O) groups is 10. The lowest BCUT2D eigenvalue weighted by molar-refractivity contribution is -0.346. The third-order valence-corrected chi connectivity index (χ3v) is 29.0. The number of nitrogens with zero attached hydrogens (tertiary/aromatic N) is 6. The van der Waals surface area contributed by atoms with Gasteiger partial charge < -0.3 is 98.4 Å². The molecule has 0 spiro atoms. The molecule has 732 valence electrons. The summed E-state index contributed by atoms with van der Waals surface area (Å²) in [6.07, 6.45) is -2.45. The number of rotatable bonds is 54. The van der Waals surface area contributed by atoms with Crippen LogP contribution in [0.1, 0.15) is 180 Å². The molecule has 133 heavy (non-hydrogen) atoms. The molecule has 4 amide bonds. The number of anilines is 1. The number of halogens is 1. The van der Waals surface area contributed by atoms with Gasteiger partial charge in [0.15, 0.2) is 17.5 Å². The van der Waals surface area contributed by atoms with Crippen LogP contribution in [0.25, 0.3) is 0 Å². The van der Waals surface area contributed by atoms with E-state index in [9.17, 15) is 53.0 Å². The number of alkyl carbamates (subject to hydrolysis) is 1. The molecular formula is C93H130FN11O25S3. The molecule has 15 atom stereocenters. The van der Waals surface area contributed by atoms with Crippen LogP contribution in [-0.2, 0) is 127 Å². The van der Waals surface area contributed by atoms with E-state index in [1.54, 1.807) is 103 Å². The number of aliphatic hydroxyl groups excluding tert-OH is 1. The van der Waals surface area contributed by atoms with Crippen LogP contribution < -0.4 is 26.6 Å². The molecule has 2 bridgehead atoms. The second-order valence-corrected chi connectivity index (χ2v) is 40.2. The number of Topliss-reactive ketones (excluding diaryl/α,β-unsaturated/α-hetero) is 2. The van der Waals surface area contributed by atoms with E-state index in [4.69, 9.17) is 76.5 Å². The maximum absolute atomic E-state index is 16.3. The maximum atomic E-state index is 16.3. The van der Waals surface area contributed by atoms with Gasteiger partial charge >= 0.3 is 42.0 Å². The number of amides is 4. The van der Waals surface area contributed by atoms with Crippen LogP contribution in [0.5, 0.6) is 0 Å². The Hall–Kier alpha value is -8.81. The van der Waals surface area contributed by atoms with Crippen molar-refractivity contribution in [3.8, 4) is 0 Å². The number of esters is 5. The van der Waals surface area contributed by atoms with Crippen LogP contribution in [0, 0.1) is 22.7 Å². The van der Waals surface area contributed by atoms with Gasteiger partial charge in [0.25, 0.3) is 0 Å². The van der Waals surface area contributed by atoms with Gasteiger partial charge in [-0.05, 0) is 129 Å². The molecule has 7 N–H and O–H groups in total. The highest BCUT2D eigenvalue weighted by Crippen LogP contribution is 2.65. The van der Waals surface area contributed by atoms with Crippen molar-refractivity contribution >= 4 is 98.7 Å². The quantitative estimate of drug-likeness (QED) is 0.00543. The van der Waals surface area contributed by atoms with Crippen molar-refractivity contribution in [2.24, 2.45) is 22.7 Å². The van der Waals surface area contributed by atoms with Crippen LogP contribution in [-0.4, -0.2) is 293 Å². The van der Waals surface area contributed by atoms with Gasteiger partial charge in [0.05, 0.1) is 150 Å². The van der Waals surface area contributed by atoms with E-state index in [0.29, 0.717) is 188 Å². The fraction of sp³-hybridized carbons (Fsp3) is 0.667. The largest absolute Gasteiger partial charge is 0.455 e.